The van der Waals surface area contributed by atoms with E-state index in [2.05, 4.69) is 4.52 Å². The van der Waals surface area contributed by atoms with Crippen LogP contribution < -0.4 is 5.30 Å². The summed E-state index contributed by atoms with van der Waals surface area (Å²) in [5, 5.41) is 0.376. The Morgan fingerprint density at radius 1 is 1.26 bits per heavy atom. The summed E-state index contributed by atoms with van der Waals surface area (Å²) < 4.78 is 56.5. The first kappa shape index (κ1) is 17.1. The van der Waals surface area contributed by atoms with Gasteiger partial charge in [0.05, 0.1) is 0 Å². The van der Waals surface area contributed by atoms with Crippen molar-refractivity contribution in [3.63, 3.8) is 0 Å². The monoisotopic (exact) mass is 353 g/mol. The van der Waals surface area contributed by atoms with Crippen LogP contribution in [0, 0.1) is 0 Å². The molecule has 0 radical (unpaired) electrons. The van der Waals surface area contributed by atoms with Gasteiger partial charge >= 0.3 is 12.2 Å². The molecule has 1 aromatic carbocycles. The van der Waals surface area contributed by atoms with Crippen LogP contribution in [0.2, 0.25) is 0 Å². The van der Waals surface area contributed by atoms with E-state index in [1.165, 1.54) is 18.8 Å². The standard InChI is InChI=1S/C9H10Cl2F3NO2P2/c1-18(15-19(10,11)16,17-7-9(12,13)14)8-5-3-2-4-6-8/h2-6H,7H2,1H3. The number of rotatable bonds is 4. The molecule has 0 N–H and O–H groups in total. The minimum Gasteiger partial charge on any atom is -0.331 e. The summed E-state index contributed by atoms with van der Waals surface area (Å²) in [5.74, 6) is -3.91. The van der Waals surface area contributed by atoms with Crippen LogP contribution in [0.1, 0.15) is 0 Å². The maximum absolute atomic E-state index is 12.3. The van der Waals surface area contributed by atoms with Crippen LogP contribution in [0.4, 0.5) is 13.2 Å². The Bertz CT molecular complexity index is 530. The number of alkyl halides is 3. The van der Waals surface area contributed by atoms with Crippen molar-refractivity contribution in [1.82, 2.24) is 0 Å². The second kappa shape index (κ2) is 6.19. The lowest BCUT2D eigenvalue weighted by molar-refractivity contribution is -0.152. The van der Waals surface area contributed by atoms with Gasteiger partial charge in [0.15, 0.2) is 0 Å². The fourth-order valence-electron chi connectivity index (χ4n) is 1.25. The molecule has 0 aliphatic heterocycles. The highest BCUT2D eigenvalue weighted by Gasteiger charge is 2.32. The van der Waals surface area contributed by atoms with Crippen molar-refractivity contribution < 1.29 is 22.3 Å². The molecule has 108 valence electrons. The summed E-state index contributed by atoms with van der Waals surface area (Å²) in [7, 11) is -3.16. The van der Waals surface area contributed by atoms with Gasteiger partial charge in [-0.15, -0.1) is 0 Å². The fourth-order valence-corrected chi connectivity index (χ4v) is 7.06. The van der Waals surface area contributed by atoms with Crippen LogP contribution in [0.5, 0.6) is 0 Å². The van der Waals surface area contributed by atoms with Gasteiger partial charge in [0, 0.05) is 5.30 Å². The normalized spacial score (nSPS) is 15.9. The molecule has 0 spiro atoms. The van der Waals surface area contributed by atoms with Gasteiger partial charge in [-0.05, 0) is 29.1 Å². The van der Waals surface area contributed by atoms with Crippen molar-refractivity contribution in [2.45, 2.75) is 6.18 Å². The number of hydrogen-bond acceptors (Lipinski definition) is 2. The smallest absolute Gasteiger partial charge is 0.331 e. The van der Waals surface area contributed by atoms with E-state index in [4.69, 9.17) is 27.0 Å². The van der Waals surface area contributed by atoms with Gasteiger partial charge in [0.25, 0.3) is 0 Å². The summed E-state index contributed by atoms with van der Waals surface area (Å²) >= 11 is 10.7. The van der Waals surface area contributed by atoms with Crippen LogP contribution in [0.25, 0.3) is 0 Å². The summed E-state index contributed by atoms with van der Waals surface area (Å²) in [5.41, 5.74) is 0. The predicted octanol–water partition coefficient (Wildman–Crippen LogP) is 5.22. The summed E-state index contributed by atoms with van der Waals surface area (Å²) in [6.07, 6.45) is -4.52. The Morgan fingerprint density at radius 3 is 2.21 bits per heavy atom. The second-order valence-electron chi connectivity index (χ2n) is 3.63. The third kappa shape index (κ3) is 6.33. The molecule has 0 aromatic heterocycles. The highest BCUT2D eigenvalue weighted by molar-refractivity contribution is 8.09. The average molecular weight is 354 g/mol. The average Bonchev–Trinajstić information content (AvgIpc) is 2.25. The van der Waals surface area contributed by atoms with Crippen molar-refractivity contribution in [3.8, 4) is 0 Å². The molecule has 0 heterocycles. The van der Waals surface area contributed by atoms with E-state index in [1.807, 2.05) is 0 Å². The van der Waals surface area contributed by atoms with Gasteiger partial charge in [-0.2, -0.15) is 17.7 Å². The summed E-state index contributed by atoms with van der Waals surface area (Å²) in [6.45, 7) is -0.186. The van der Waals surface area contributed by atoms with Crippen molar-refractivity contribution >= 4 is 41.1 Å². The van der Waals surface area contributed by atoms with E-state index in [1.54, 1.807) is 18.2 Å². The van der Waals surface area contributed by atoms with Gasteiger partial charge in [-0.25, -0.2) is 0 Å². The van der Waals surface area contributed by atoms with Gasteiger partial charge in [-0.1, -0.05) is 30.3 Å². The Kier molecular flexibility index (Phi) is 5.56. The molecule has 10 heteroatoms. The molecule has 0 amide bonds. The van der Waals surface area contributed by atoms with Crippen molar-refractivity contribution in [1.29, 1.82) is 0 Å². The Labute approximate surface area is 118 Å². The van der Waals surface area contributed by atoms with E-state index >= 15 is 0 Å². The molecular formula is C9H10Cl2F3NO2P2. The largest absolute Gasteiger partial charge is 0.412 e. The molecule has 19 heavy (non-hydrogen) atoms. The molecule has 0 bridgehead atoms. The zero-order valence-electron chi connectivity index (χ0n) is 9.64. The van der Waals surface area contributed by atoms with Gasteiger partial charge in [0.2, 0.25) is 0 Å². The van der Waals surface area contributed by atoms with Crippen LogP contribution in [-0.4, -0.2) is 19.4 Å². The van der Waals surface area contributed by atoms with Crippen LogP contribution in [-0.2, 0) is 9.09 Å². The summed E-state index contributed by atoms with van der Waals surface area (Å²) in [4.78, 5) is 0. The summed E-state index contributed by atoms with van der Waals surface area (Å²) in [6, 6.07) is 7.94. The zero-order valence-corrected chi connectivity index (χ0v) is 12.9. The molecule has 0 fully saturated rings. The zero-order chi connectivity index (χ0) is 14.7. The molecule has 1 atom stereocenters. The number of benzene rings is 1. The number of nitrogens with zero attached hydrogens (tertiary/aromatic N) is 1. The van der Waals surface area contributed by atoms with E-state index in [0.29, 0.717) is 5.30 Å². The van der Waals surface area contributed by atoms with Crippen molar-refractivity contribution in [3.05, 3.63) is 30.3 Å². The van der Waals surface area contributed by atoms with E-state index in [9.17, 15) is 17.7 Å². The van der Waals surface area contributed by atoms with Gasteiger partial charge in [0.1, 0.15) is 13.9 Å². The molecule has 3 nitrogen and oxygen atoms in total. The van der Waals surface area contributed by atoms with Crippen molar-refractivity contribution in [2.24, 2.45) is 4.52 Å². The predicted molar refractivity (Wildman–Crippen MR) is 72.7 cm³/mol. The lowest BCUT2D eigenvalue weighted by Gasteiger charge is -2.21. The quantitative estimate of drug-likeness (QED) is 0.696. The minimum atomic E-state index is -4.52. The SMILES string of the molecule is CP(=NP(=O)(Cl)Cl)(OCC(F)(F)F)c1ccccc1. The maximum Gasteiger partial charge on any atom is 0.412 e. The number of hydrogen-bond donors (Lipinski definition) is 0. The molecule has 1 rings (SSSR count). The van der Waals surface area contributed by atoms with Crippen LogP contribution >= 0.6 is 35.8 Å². The van der Waals surface area contributed by atoms with E-state index < -0.39 is 26.1 Å². The Hall–Kier alpha value is 0.01000. The third-order valence-corrected chi connectivity index (χ3v) is 7.29. The first-order valence-electron chi connectivity index (χ1n) is 4.89. The molecular weight excluding hydrogens is 344 g/mol. The first-order valence-corrected chi connectivity index (χ1v) is 10.5. The van der Waals surface area contributed by atoms with E-state index in [-0.39, 0.29) is 0 Å². The molecule has 1 aromatic rings. The molecule has 0 saturated carbocycles. The van der Waals surface area contributed by atoms with E-state index in [0.717, 1.165) is 0 Å². The Morgan fingerprint density at radius 2 is 1.79 bits per heavy atom. The lowest BCUT2D eigenvalue weighted by atomic mass is 10.4. The lowest BCUT2D eigenvalue weighted by Crippen LogP contribution is -2.18. The topological polar surface area (TPSA) is 38.7 Å². The molecule has 0 saturated heterocycles. The highest BCUT2D eigenvalue weighted by atomic mass is 35.9. The number of halogens is 5. The Balaban J connectivity index is 3.20. The maximum atomic E-state index is 12.3. The highest BCUT2D eigenvalue weighted by Crippen LogP contribution is 2.66. The van der Waals surface area contributed by atoms with Gasteiger partial charge in [-0.3, -0.25) is 4.57 Å². The van der Waals surface area contributed by atoms with Crippen LogP contribution in [0.3, 0.4) is 0 Å². The molecule has 0 aliphatic carbocycles. The second-order valence-corrected chi connectivity index (χ2v) is 11.0. The van der Waals surface area contributed by atoms with Crippen LogP contribution in [0.15, 0.2) is 34.8 Å². The first-order chi connectivity index (χ1) is 8.52. The van der Waals surface area contributed by atoms with Gasteiger partial charge < -0.3 is 4.52 Å². The third-order valence-electron chi connectivity index (χ3n) is 1.99. The minimum absolute atomic E-state index is 0.376. The van der Waals surface area contributed by atoms with Crippen molar-refractivity contribution in [2.75, 3.05) is 13.3 Å². The fraction of sp³-hybridized carbons (Fsp3) is 0.333. The molecule has 0 aliphatic rings. The molecule has 1 unspecified atom stereocenters.